The van der Waals surface area contributed by atoms with Crippen LogP contribution >= 0.6 is 23.2 Å². The van der Waals surface area contributed by atoms with Gasteiger partial charge in [0.25, 0.3) is 5.91 Å². The number of anilines is 1. The molecular formula is C17H15Cl2N5O. The van der Waals surface area contributed by atoms with Gasteiger partial charge < -0.3 is 9.80 Å². The van der Waals surface area contributed by atoms with Crippen LogP contribution in [0.3, 0.4) is 0 Å². The van der Waals surface area contributed by atoms with Gasteiger partial charge in [-0.2, -0.15) is 0 Å². The Kier molecular flexibility index (Phi) is 4.23. The molecule has 0 bridgehead atoms. The molecular weight excluding hydrogens is 361 g/mol. The number of amides is 1. The molecule has 3 aromatic rings. The number of carbonyl (C=O) groups is 1. The topological polar surface area (TPSA) is 53.7 Å². The zero-order valence-electron chi connectivity index (χ0n) is 13.3. The summed E-state index contributed by atoms with van der Waals surface area (Å²) in [6.07, 6.45) is 3.54. The Hall–Kier alpha value is -2.31. The van der Waals surface area contributed by atoms with Crippen molar-refractivity contribution in [2.45, 2.75) is 0 Å². The fraction of sp³-hybridized carbons (Fsp3) is 0.235. The lowest BCUT2D eigenvalue weighted by atomic mass is 10.1. The highest BCUT2D eigenvalue weighted by atomic mass is 35.5. The predicted octanol–water partition coefficient (Wildman–Crippen LogP) is 3.00. The third kappa shape index (κ3) is 3.15. The lowest BCUT2D eigenvalue weighted by Crippen LogP contribution is -2.49. The number of imidazole rings is 1. The van der Waals surface area contributed by atoms with Crippen molar-refractivity contribution in [2.75, 3.05) is 31.1 Å². The number of benzene rings is 1. The maximum absolute atomic E-state index is 12.7. The first kappa shape index (κ1) is 16.2. The summed E-state index contributed by atoms with van der Waals surface area (Å²) in [7, 11) is 0. The summed E-state index contributed by atoms with van der Waals surface area (Å²) < 4.78 is 1.75. The fourth-order valence-corrected chi connectivity index (χ4v) is 3.31. The molecule has 0 unspecified atom stereocenters. The number of aromatic nitrogens is 3. The van der Waals surface area contributed by atoms with Crippen LogP contribution in [0, 0.1) is 0 Å². The first-order valence-electron chi connectivity index (χ1n) is 7.91. The molecule has 0 saturated carbocycles. The summed E-state index contributed by atoms with van der Waals surface area (Å²) in [6.45, 7) is 2.62. The van der Waals surface area contributed by atoms with Crippen LogP contribution < -0.4 is 4.90 Å². The number of hydrogen-bond donors (Lipinski definition) is 0. The highest BCUT2D eigenvalue weighted by molar-refractivity contribution is 6.35. The molecule has 6 nitrogen and oxygen atoms in total. The van der Waals surface area contributed by atoms with Gasteiger partial charge in [0.05, 0.1) is 10.6 Å². The zero-order chi connectivity index (χ0) is 17.4. The Morgan fingerprint density at radius 2 is 1.84 bits per heavy atom. The molecule has 0 radical (unpaired) electrons. The summed E-state index contributed by atoms with van der Waals surface area (Å²) in [6, 6.07) is 8.83. The predicted molar refractivity (Wildman–Crippen MR) is 97.6 cm³/mol. The Morgan fingerprint density at radius 1 is 1.04 bits per heavy atom. The number of carbonyl (C=O) groups excluding carboxylic acids is 1. The first-order valence-corrected chi connectivity index (χ1v) is 8.67. The van der Waals surface area contributed by atoms with Crippen LogP contribution in [0.2, 0.25) is 10.0 Å². The third-order valence-corrected chi connectivity index (χ3v) is 4.86. The summed E-state index contributed by atoms with van der Waals surface area (Å²) in [4.78, 5) is 20.8. The van der Waals surface area contributed by atoms with Gasteiger partial charge in [0.1, 0.15) is 5.82 Å². The van der Waals surface area contributed by atoms with E-state index in [2.05, 4.69) is 15.0 Å². The Balaban J connectivity index is 1.47. The molecule has 4 rings (SSSR count). The van der Waals surface area contributed by atoms with Crippen molar-refractivity contribution >= 4 is 40.6 Å². The van der Waals surface area contributed by atoms with E-state index in [0.29, 0.717) is 41.8 Å². The molecule has 3 heterocycles. The van der Waals surface area contributed by atoms with E-state index in [4.69, 9.17) is 23.2 Å². The molecule has 1 fully saturated rings. The molecule has 0 N–H and O–H groups in total. The van der Waals surface area contributed by atoms with Crippen molar-refractivity contribution in [3.05, 3.63) is 58.3 Å². The van der Waals surface area contributed by atoms with E-state index in [1.807, 2.05) is 18.3 Å². The Bertz CT molecular complexity index is 934. The smallest absolute Gasteiger partial charge is 0.255 e. The molecule has 8 heteroatoms. The normalized spacial score (nSPS) is 15.0. The number of nitrogens with zero attached hydrogens (tertiary/aromatic N) is 5. The lowest BCUT2D eigenvalue weighted by Gasteiger charge is -2.35. The van der Waals surface area contributed by atoms with E-state index >= 15 is 0 Å². The molecule has 1 aromatic carbocycles. The van der Waals surface area contributed by atoms with E-state index in [1.54, 1.807) is 33.8 Å². The maximum atomic E-state index is 12.7. The summed E-state index contributed by atoms with van der Waals surface area (Å²) in [5.74, 6) is 0.781. The molecule has 128 valence electrons. The molecule has 1 aliphatic heterocycles. The van der Waals surface area contributed by atoms with Crippen molar-refractivity contribution in [2.24, 2.45) is 0 Å². The van der Waals surface area contributed by atoms with Crippen LogP contribution in [0.25, 0.3) is 5.65 Å². The molecule has 1 saturated heterocycles. The van der Waals surface area contributed by atoms with E-state index in [0.717, 1.165) is 11.5 Å². The average molecular weight is 376 g/mol. The maximum Gasteiger partial charge on any atom is 0.255 e. The number of piperazine rings is 1. The van der Waals surface area contributed by atoms with Crippen LogP contribution in [-0.4, -0.2) is 51.6 Å². The highest BCUT2D eigenvalue weighted by Crippen LogP contribution is 2.23. The first-order chi connectivity index (χ1) is 12.1. The molecule has 1 aliphatic rings. The van der Waals surface area contributed by atoms with Crippen molar-refractivity contribution in [3.63, 3.8) is 0 Å². The summed E-state index contributed by atoms with van der Waals surface area (Å²) in [5, 5.41) is 5.48. The molecule has 1 amide bonds. The minimum Gasteiger partial charge on any atom is -0.352 e. The minimum atomic E-state index is -0.0924. The van der Waals surface area contributed by atoms with E-state index in [1.165, 1.54) is 0 Å². The number of hydrogen-bond acceptors (Lipinski definition) is 4. The number of fused-ring (bicyclic) bond motifs is 1. The van der Waals surface area contributed by atoms with Gasteiger partial charge in [0.15, 0.2) is 5.65 Å². The van der Waals surface area contributed by atoms with Crippen LogP contribution in [0.5, 0.6) is 0 Å². The van der Waals surface area contributed by atoms with Gasteiger partial charge in [0.2, 0.25) is 0 Å². The van der Waals surface area contributed by atoms with Crippen LogP contribution in [0.15, 0.2) is 42.7 Å². The second-order valence-electron chi connectivity index (χ2n) is 5.82. The standard InChI is InChI=1S/C17H15Cl2N5O/c18-12-1-2-14(19)13(11-12)17(25)23-9-7-22(8-10-23)16-4-3-15-20-5-6-24(15)21-16/h1-6,11H,7-10H2. The SMILES string of the molecule is O=C(c1cc(Cl)ccc1Cl)N1CCN(c2ccc3nccn3n2)CC1. The van der Waals surface area contributed by atoms with Gasteiger partial charge in [-0.05, 0) is 30.3 Å². The van der Waals surface area contributed by atoms with E-state index in [-0.39, 0.29) is 5.91 Å². The summed E-state index contributed by atoms with van der Waals surface area (Å²) in [5.41, 5.74) is 1.26. The Morgan fingerprint density at radius 3 is 2.64 bits per heavy atom. The number of halogens is 2. The number of rotatable bonds is 2. The van der Waals surface area contributed by atoms with Gasteiger partial charge in [-0.3, -0.25) is 4.79 Å². The zero-order valence-corrected chi connectivity index (χ0v) is 14.8. The fourth-order valence-electron chi connectivity index (χ4n) is 2.94. The van der Waals surface area contributed by atoms with Crippen molar-refractivity contribution in [3.8, 4) is 0 Å². The second kappa shape index (κ2) is 6.54. The van der Waals surface area contributed by atoms with E-state index in [9.17, 15) is 4.79 Å². The van der Waals surface area contributed by atoms with Gasteiger partial charge >= 0.3 is 0 Å². The van der Waals surface area contributed by atoms with Gasteiger partial charge in [-0.15, -0.1) is 5.10 Å². The quantitative estimate of drug-likeness (QED) is 0.690. The van der Waals surface area contributed by atoms with Gasteiger partial charge in [-0.1, -0.05) is 23.2 Å². The third-order valence-electron chi connectivity index (χ3n) is 4.29. The Labute approximate surface area is 154 Å². The van der Waals surface area contributed by atoms with Crippen molar-refractivity contribution in [1.29, 1.82) is 0 Å². The van der Waals surface area contributed by atoms with Crippen LogP contribution in [0.4, 0.5) is 5.82 Å². The highest BCUT2D eigenvalue weighted by Gasteiger charge is 2.24. The van der Waals surface area contributed by atoms with Crippen LogP contribution in [0.1, 0.15) is 10.4 Å². The second-order valence-corrected chi connectivity index (χ2v) is 6.67. The molecule has 25 heavy (non-hydrogen) atoms. The van der Waals surface area contributed by atoms with Crippen LogP contribution in [-0.2, 0) is 0 Å². The molecule has 0 spiro atoms. The monoisotopic (exact) mass is 375 g/mol. The largest absolute Gasteiger partial charge is 0.352 e. The lowest BCUT2D eigenvalue weighted by molar-refractivity contribution is 0.0746. The van der Waals surface area contributed by atoms with E-state index < -0.39 is 0 Å². The average Bonchev–Trinajstić information content (AvgIpc) is 3.11. The van der Waals surface area contributed by atoms with Crippen molar-refractivity contribution < 1.29 is 4.79 Å². The summed E-state index contributed by atoms with van der Waals surface area (Å²) >= 11 is 12.1. The molecule has 0 aliphatic carbocycles. The van der Waals surface area contributed by atoms with Gasteiger partial charge in [-0.25, -0.2) is 9.50 Å². The molecule has 0 atom stereocenters. The van der Waals surface area contributed by atoms with Gasteiger partial charge in [0, 0.05) is 43.6 Å². The molecule has 2 aromatic heterocycles. The minimum absolute atomic E-state index is 0.0924. The van der Waals surface area contributed by atoms with Crippen molar-refractivity contribution in [1.82, 2.24) is 19.5 Å².